The molecule has 0 bridgehead atoms. The second kappa shape index (κ2) is 10.2. The fourth-order valence-electron chi connectivity index (χ4n) is 5.17. The van der Waals surface area contributed by atoms with Gasteiger partial charge in [-0.25, -0.2) is 0 Å². The van der Waals surface area contributed by atoms with Crippen LogP contribution in [0.2, 0.25) is 0 Å². The predicted molar refractivity (Wildman–Crippen MR) is 139 cm³/mol. The van der Waals surface area contributed by atoms with Crippen LogP contribution in [0.1, 0.15) is 42.9 Å². The summed E-state index contributed by atoms with van der Waals surface area (Å²) in [6.45, 7) is 6.19. The zero-order valence-electron chi connectivity index (χ0n) is 20.7. The van der Waals surface area contributed by atoms with Crippen molar-refractivity contribution in [1.82, 2.24) is 4.90 Å². The van der Waals surface area contributed by atoms with E-state index in [9.17, 15) is 14.6 Å². The number of hydrogen-bond donors (Lipinski definition) is 2. The van der Waals surface area contributed by atoms with E-state index in [2.05, 4.69) is 18.7 Å². The van der Waals surface area contributed by atoms with Crippen molar-refractivity contribution in [2.75, 3.05) is 26.4 Å². The van der Waals surface area contributed by atoms with E-state index in [-0.39, 0.29) is 36.1 Å². The number of benzene rings is 3. The fourth-order valence-corrected chi connectivity index (χ4v) is 5.17. The van der Waals surface area contributed by atoms with E-state index in [1.165, 1.54) is 0 Å². The van der Waals surface area contributed by atoms with Gasteiger partial charge in [-0.05, 0) is 80.1 Å². The van der Waals surface area contributed by atoms with Crippen LogP contribution in [0, 0.1) is 5.92 Å². The van der Waals surface area contributed by atoms with Crippen LogP contribution in [0.3, 0.4) is 0 Å². The highest BCUT2D eigenvalue weighted by molar-refractivity contribution is 5.93. The number of rotatable bonds is 7. The van der Waals surface area contributed by atoms with Crippen molar-refractivity contribution in [3.05, 3.63) is 83.4 Å². The molecule has 36 heavy (non-hydrogen) atoms. The van der Waals surface area contributed by atoms with Gasteiger partial charge in [-0.15, -0.1) is 0 Å². The van der Waals surface area contributed by atoms with Gasteiger partial charge in [0.15, 0.2) is 0 Å². The minimum atomic E-state index is -0.252. The van der Waals surface area contributed by atoms with E-state index in [4.69, 9.17) is 9.47 Å². The van der Waals surface area contributed by atoms with Crippen LogP contribution in [0.15, 0.2) is 66.7 Å². The molecule has 6 heteroatoms. The molecular weight excluding hydrogens is 457 g/mol. The molecule has 0 saturated carbocycles. The molecule has 2 unspecified atom stereocenters. The lowest BCUT2D eigenvalue weighted by Gasteiger charge is -2.29. The van der Waals surface area contributed by atoms with Gasteiger partial charge < -0.3 is 19.7 Å². The molecule has 2 N–H and O–H groups in total. The first-order valence-electron chi connectivity index (χ1n) is 12.5. The van der Waals surface area contributed by atoms with E-state index >= 15 is 0 Å². The summed E-state index contributed by atoms with van der Waals surface area (Å²) in [6, 6.07) is 20.3. The standard InChI is InChI=1S/C30H32FNO4/c1-19(32-13-12-21(16-31)17-32)18-35-26-9-6-22(7-10-26)30-29(23-4-3-5-24(33)14-23)20(2)27-15-25(34)8-11-28(27)36-30/h3-11,14-15,19-21,33-34H,12-13,16-18H2,1-2H3/t19-,20?,21?/m0/s1. The average molecular weight is 490 g/mol. The maximum Gasteiger partial charge on any atom is 0.139 e. The van der Waals surface area contributed by atoms with Crippen molar-refractivity contribution < 1.29 is 24.1 Å². The summed E-state index contributed by atoms with van der Waals surface area (Å²) in [5.41, 5.74) is 3.58. The number of fused-ring (bicyclic) bond motifs is 1. The van der Waals surface area contributed by atoms with E-state index < -0.39 is 0 Å². The molecule has 0 aromatic heterocycles. The van der Waals surface area contributed by atoms with Crippen molar-refractivity contribution >= 4 is 11.3 Å². The minimum Gasteiger partial charge on any atom is -0.508 e. The summed E-state index contributed by atoms with van der Waals surface area (Å²) in [7, 11) is 0. The summed E-state index contributed by atoms with van der Waals surface area (Å²) < 4.78 is 25.4. The van der Waals surface area contributed by atoms with Crippen molar-refractivity contribution in [2.45, 2.75) is 32.2 Å². The Balaban J connectivity index is 1.40. The van der Waals surface area contributed by atoms with Crippen molar-refractivity contribution in [3.8, 4) is 23.0 Å². The van der Waals surface area contributed by atoms with Gasteiger partial charge in [0.05, 0.1) is 6.67 Å². The lowest BCUT2D eigenvalue weighted by Crippen LogP contribution is -2.35. The van der Waals surface area contributed by atoms with Gasteiger partial charge in [0.1, 0.15) is 35.4 Å². The molecule has 0 aliphatic carbocycles. The van der Waals surface area contributed by atoms with Gasteiger partial charge in [0, 0.05) is 41.1 Å². The average Bonchev–Trinajstić information content (AvgIpc) is 3.37. The molecule has 2 aliphatic rings. The fraction of sp³-hybridized carbons (Fsp3) is 0.333. The summed E-state index contributed by atoms with van der Waals surface area (Å²) in [6.07, 6.45) is 0.910. The van der Waals surface area contributed by atoms with Crippen LogP contribution in [0.25, 0.3) is 11.3 Å². The first-order chi connectivity index (χ1) is 17.4. The summed E-state index contributed by atoms with van der Waals surface area (Å²) in [5, 5.41) is 20.2. The molecule has 3 aromatic carbocycles. The molecule has 5 nitrogen and oxygen atoms in total. The Labute approximate surface area is 211 Å². The molecule has 3 atom stereocenters. The second-order valence-corrected chi connectivity index (χ2v) is 9.83. The molecule has 5 rings (SSSR count). The number of allylic oxidation sites excluding steroid dienone is 1. The van der Waals surface area contributed by atoms with E-state index in [1.807, 2.05) is 36.4 Å². The first-order valence-corrected chi connectivity index (χ1v) is 12.5. The largest absolute Gasteiger partial charge is 0.508 e. The van der Waals surface area contributed by atoms with Crippen molar-refractivity contribution in [3.63, 3.8) is 0 Å². The summed E-state index contributed by atoms with van der Waals surface area (Å²) >= 11 is 0. The van der Waals surface area contributed by atoms with Crippen LogP contribution in [0.4, 0.5) is 4.39 Å². The van der Waals surface area contributed by atoms with Crippen LogP contribution in [0.5, 0.6) is 23.0 Å². The number of aromatic hydroxyl groups is 2. The number of hydrogen-bond acceptors (Lipinski definition) is 5. The van der Waals surface area contributed by atoms with Crippen LogP contribution in [-0.2, 0) is 0 Å². The smallest absolute Gasteiger partial charge is 0.139 e. The highest BCUT2D eigenvalue weighted by Crippen LogP contribution is 2.47. The molecular formula is C30H32FNO4. The van der Waals surface area contributed by atoms with Gasteiger partial charge >= 0.3 is 0 Å². The van der Waals surface area contributed by atoms with E-state index in [0.29, 0.717) is 18.1 Å². The molecule has 188 valence electrons. The molecule has 3 aromatic rings. The zero-order valence-corrected chi connectivity index (χ0v) is 20.7. The maximum absolute atomic E-state index is 13.0. The van der Waals surface area contributed by atoms with Crippen LogP contribution < -0.4 is 9.47 Å². The predicted octanol–water partition coefficient (Wildman–Crippen LogP) is 6.22. The molecule has 0 amide bonds. The number of ether oxygens (including phenoxy) is 2. The number of halogens is 1. The molecule has 2 heterocycles. The Morgan fingerprint density at radius 1 is 1.03 bits per heavy atom. The molecule has 0 spiro atoms. The Bertz CT molecular complexity index is 1260. The number of phenolic OH excluding ortho intramolecular Hbond substituents is 2. The topological polar surface area (TPSA) is 62.2 Å². The maximum atomic E-state index is 13.0. The molecule has 0 radical (unpaired) electrons. The summed E-state index contributed by atoms with van der Waals surface area (Å²) in [5.74, 6) is 2.62. The zero-order chi connectivity index (χ0) is 25.2. The third-order valence-electron chi connectivity index (χ3n) is 7.27. The van der Waals surface area contributed by atoms with Gasteiger partial charge in [0.25, 0.3) is 0 Å². The number of likely N-dealkylation sites (tertiary alicyclic amines) is 1. The Kier molecular flexibility index (Phi) is 6.88. The number of phenols is 2. The normalized spacial score (nSPS) is 20.6. The summed E-state index contributed by atoms with van der Waals surface area (Å²) in [4.78, 5) is 2.29. The first kappa shape index (κ1) is 24.2. The van der Waals surface area contributed by atoms with Gasteiger partial charge in [-0.2, -0.15) is 0 Å². The monoisotopic (exact) mass is 489 g/mol. The van der Waals surface area contributed by atoms with Crippen LogP contribution in [-0.4, -0.2) is 47.5 Å². The van der Waals surface area contributed by atoms with Crippen molar-refractivity contribution in [2.24, 2.45) is 5.92 Å². The third kappa shape index (κ3) is 4.91. The number of alkyl halides is 1. The molecule has 1 fully saturated rings. The second-order valence-electron chi connectivity index (χ2n) is 9.83. The van der Waals surface area contributed by atoms with Crippen LogP contribution >= 0.6 is 0 Å². The molecule has 1 saturated heterocycles. The third-order valence-corrected chi connectivity index (χ3v) is 7.27. The highest BCUT2D eigenvalue weighted by atomic mass is 19.1. The Morgan fingerprint density at radius 2 is 1.81 bits per heavy atom. The van der Waals surface area contributed by atoms with Crippen molar-refractivity contribution in [1.29, 1.82) is 0 Å². The SMILES string of the molecule is CC1C(c2cccc(O)c2)=C(c2ccc(OC[C@H](C)N3CCC(CF)C3)cc2)Oc2ccc(O)cc21. The van der Waals surface area contributed by atoms with E-state index in [1.54, 1.807) is 30.3 Å². The van der Waals surface area contributed by atoms with Gasteiger partial charge in [0.2, 0.25) is 0 Å². The Hall–Kier alpha value is -3.51. The lowest BCUT2D eigenvalue weighted by molar-refractivity contribution is 0.165. The quantitative estimate of drug-likeness (QED) is 0.413. The minimum absolute atomic E-state index is 0.0666. The Morgan fingerprint density at radius 3 is 2.53 bits per heavy atom. The van der Waals surface area contributed by atoms with E-state index in [0.717, 1.165) is 47.5 Å². The van der Waals surface area contributed by atoms with Gasteiger partial charge in [-0.3, -0.25) is 9.29 Å². The number of nitrogens with zero attached hydrogens (tertiary/aromatic N) is 1. The molecule has 2 aliphatic heterocycles. The lowest BCUT2D eigenvalue weighted by atomic mass is 9.83. The highest BCUT2D eigenvalue weighted by Gasteiger charge is 2.29. The van der Waals surface area contributed by atoms with Gasteiger partial charge in [-0.1, -0.05) is 19.1 Å².